The first-order valence-electron chi connectivity index (χ1n) is 7.51. The number of rotatable bonds is 5. The Morgan fingerprint density at radius 3 is 2.61 bits per heavy atom. The molecule has 0 spiro atoms. The van der Waals surface area contributed by atoms with Crippen molar-refractivity contribution in [2.45, 2.75) is 13.8 Å². The smallest absolute Gasteiger partial charge is 0.274 e. The Morgan fingerprint density at radius 2 is 1.91 bits per heavy atom. The molecule has 7 heteroatoms. The summed E-state index contributed by atoms with van der Waals surface area (Å²) in [4.78, 5) is 13.9. The Hall–Kier alpha value is -2.83. The van der Waals surface area contributed by atoms with E-state index in [0.29, 0.717) is 30.4 Å². The fourth-order valence-corrected chi connectivity index (χ4v) is 2.31. The molecule has 1 N–H and O–H groups in total. The van der Waals surface area contributed by atoms with Crippen molar-refractivity contribution in [1.82, 2.24) is 15.1 Å². The van der Waals surface area contributed by atoms with Crippen LogP contribution in [-0.4, -0.2) is 40.9 Å². The molecule has 2 heterocycles. The molecule has 3 rings (SSSR count). The standard InChI is InChI=1S/C16H18N4O3/c1-3-20(4-2)16(21)12-6-8-15(19-18-12)17-11-5-7-13-14(9-11)23-10-22-13/h5-9H,3-4,10H2,1-2H3,(H,17,19). The van der Waals surface area contributed by atoms with Crippen molar-refractivity contribution < 1.29 is 14.3 Å². The van der Waals surface area contributed by atoms with E-state index in [1.54, 1.807) is 17.0 Å². The minimum Gasteiger partial charge on any atom is -0.454 e. The van der Waals surface area contributed by atoms with Crippen LogP contribution in [0.2, 0.25) is 0 Å². The van der Waals surface area contributed by atoms with Crippen molar-refractivity contribution >= 4 is 17.4 Å². The summed E-state index contributed by atoms with van der Waals surface area (Å²) in [6.45, 7) is 5.40. The quantitative estimate of drug-likeness (QED) is 0.913. The zero-order valence-corrected chi connectivity index (χ0v) is 13.1. The van der Waals surface area contributed by atoms with Gasteiger partial charge in [0.15, 0.2) is 23.0 Å². The van der Waals surface area contributed by atoms with Gasteiger partial charge in [0.1, 0.15) is 0 Å². The van der Waals surface area contributed by atoms with Crippen LogP contribution in [0.25, 0.3) is 0 Å². The molecule has 0 unspecified atom stereocenters. The second-order valence-electron chi connectivity index (χ2n) is 4.97. The van der Waals surface area contributed by atoms with Crippen LogP contribution in [0.3, 0.4) is 0 Å². The van der Waals surface area contributed by atoms with E-state index in [2.05, 4.69) is 15.5 Å². The SMILES string of the molecule is CCN(CC)C(=O)c1ccc(Nc2ccc3c(c2)OCO3)nn1. The molecule has 0 fully saturated rings. The largest absolute Gasteiger partial charge is 0.454 e. The number of benzene rings is 1. The third-order valence-electron chi connectivity index (χ3n) is 3.58. The van der Waals surface area contributed by atoms with Crippen molar-refractivity contribution in [2.75, 3.05) is 25.2 Å². The molecule has 120 valence electrons. The zero-order valence-electron chi connectivity index (χ0n) is 13.1. The van der Waals surface area contributed by atoms with Crippen molar-refractivity contribution in [2.24, 2.45) is 0 Å². The van der Waals surface area contributed by atoms with E-state index in [4.69, 9.17) is 9.47 Å². The summed E-state index contributed by atoms with van der Waals surface area (Å²) < 4.78 is 10.6. The summed E-state index contributed by atoms with van der Waals surface area (Å²) in [6, 6.07) is 8.93. The maximum absolute atomic E-state index is 12.2. The topological polar surface area (TPSA) is 76.6 Å². The molecular weight excluding hydrogens is 296 g/mol. The summed E-state index contributed by atoms with van der Waals surface area (Å²) >= 11 is 0. The third-order valence-corrected chi connectivity index (χ3v) is 3.58. The molecule has 0 saturated heterocycles. The van der Waals surface area contributed by atoms with Gasteiger partial charge in [0.2, 0.25) is 6.79 Å². The molecule has 1 aliphatic rings. The lowest BCUT2D eigenvalue weighted by atomic mass is 10.2. The Balaban J connectivity index is 1.71. The number of amides is 1. The van der Waals surface area contributed by atoms with Gasteiger partial charge >= 0.3 is 0 Å². The monoisotopic (exact) mass is 314 g/mol. The molecule has 0 bridgehead atoms. The van der Waals surface area contributed by atoms with Crippen LogP contribution in [-0.2, 0) is 0 Å². The summed E-state index contributed by atoms with van der Waals surface area (Å²) in [5.74, 6) is 1.86. The maximum atomic E-state index is 12.2. The van der Waals surface area contributed by atoms with E-state index in [1.165, 1.54) is 0 Å². The van der Waals surface area contributed by atoms with Crippen LogP contribution in [0, 0.1) is 0 Å². The van der Waals surface area contributed by atoms with Gasteiger partial charge in [-0.3, -0.25) is 4.79 Å². The molecule has 0 saturated carbocycles. The summed E-state index contributed by atoms with van der Waals surface area (Å²) in [6.07, 6.45) is 0. The number of nitrogens with one attached hydrogen (secondary N) is 1. The molecule has 2 aromatic rings. The normalized spacial score (nSPS) is 12.1. The van der Waals surface area contributed by atoms with Crippen molar-refractivity contribution in [3.8, 4) is 11.5 Å². The third kappa shape index (κ3) is 3.18. The average molecular weight is 314 g/mol. The van der Waals surface area contributed by atoms with E-state index >= 15 is 0 Å². The molecule has 7 nitrogen and oxygen atoms in total. The number of carbonyl (C=O) groups is 1. The van der Waals surface area contributed by atoms with Gasteiger partial charge in [0.05, 0.1) is 0 Å². The molecule has 0 radical (unpaired) electrons. The number of aromatic nitrogens is 2. The summed E-state index contributed by atoms with van der Waals surface area (Å²) in [5.41, 5.74) is 1.15. The lowest BCUT2D eigenvalue weighted by Crippen LogP contribution is -2.31. The Morgan fingerprint density at radius 1 is 1.13 bits per heavy atom. The van der Waals surface area contributed by atoms with Gasteiger partial charge in [-0.2, -0.15) is 0 Å². The highest BCUT2D eigenvalue weighted by Gasteiger charge is 2.15. The van der Waals surface area contributed by atoms with Crippen LogP contribution in [0.5, 0.6) is 11.5 Å². The van der Waals surface area contributed by atoms with Gasteiger partial charge < -0.3 is 19.7 Å². The first kappa shape index (κ1) is 15.1. The zero-order chi connectivity index (χ0) is 16.2. The predicted octanol–water partition coefficient (Wildman–Crippen LogP) is 2.43. The number of anilines is 2. The predicted molar refractivity (Wildman–Crippen MR) is 85.1 cm³/mol. The second kappa shape index (κ2) is 6.51. The number of nitrogens with zero attached hydrogens (tertiary/aromatic N) is 3. The first-order valence-corrected chi connectivity index (χ1v) is 7.51. The molecule has 23 heavy (non-hydrogen) atoms. The van der Waals surface area contributed by atoms with Crippen molar-refractivity contribution in [3.05, 3.63) is 36.0 Å². The average Bonchev–Trinajstić information content (AvgIpc) is 3.04. The minimum atomic E-state index is -0.114. The number of carbonyl (C=O) groups excluding carboxylic acids is 1. The van der Waals surface area contributed by atoms with Gasteiger partial charge in [-0.05, 0) is 38.1 Å². The molecule has 1 aromatic heterocycles. The van der Waals surface area contributed by atoms with Crippen LogP contribution in [0.1, 0.15) is 24.3 Å². The lowest BCUT2D eigenvalue weighted by Gasteiger charge is -2.17. The van der Waals surface area contributed by atoms with E-state index in [0.717, 1.165) is 11.4 Å². The lowest BCUT2D eigenvalue weighted by molar-refractivity contribution is 0.0766. The number of fused-ring (bicyclic) bond motifs is 1. The van der Waals surface area contributed by atoms with E-state index in [9.17, 15) is 4.79 Å². The molecule has 1 amide bonds. The fraction of sp³-hybridized carbons (Fsp3) is 0.312. The van der Waals surface area contributed by atoms with Crippen molar-refractivity contribution in [3.63, 3.8) is 0 Å². The van der Waals surface area contributed by atoms with Gasteiger partial charge in [-0.15, -0.1) is 10.2 Å². The maximum Gasteiger partial charge on any atom is 0.274 e. The van der Waals surface area contributed by atoms with Crippen LogP contribution < -0.4 is 14.8 Å². The molecule has 0 aliphatic carbocycles. The van der Waals surface area contributed by atoms with Gasteiger partial charge in [-0.1, -0.05) is 0 Å². The second-order valence-corrected chi connectivity index (χ2v) is 4.97. The first-order chi connectivity index (χ1) is 11.2. The molecule has 1 aliphatic heterocycles. The number of ether oxygens (including phenoxy) is 2. The van der Waals surface area contributed by atoms with Crippen LogP contribution in [0.4, 0.5) is 11.5 Å². The van der Waals surface area contributed by atoms with Gasteiger partial charge in [-0.25, -0.2) is 0 Å². The minimum absolute atomic E-state index is 0.114. The Kier molecular flexibility index (Phi) is 4.27. The van der Waals surface area contributed by atoms with Gasteiger partial charge in [0, 0.05) is 24.8 Å². The summed E-state index contributed by atoms with van der Waals surface area (Å²) in [5, 5.41) is 11.2. The molecule has 1 aromatic carbocycles. The number of hydrogen-bond acceptors (Lipinski definition) is 6. The van der Waals surface area contributed by atoms with Crippen LogP contribution in [0.15, 0.2) is 30.3 Å². The highest BCUT2D eigenvalue weighted by Crippen LogP contribution is 2.34. The highest BCUT2D eigenvalue weighted by atomic mass is 16.7. The Bertz CT molecular complexity index is 699. The summed E-state index contributed by atoms with van der Waals surface area (Å²) in [7, 11) is 0. The van der Waals surface area contributed by atoms with E-state index in [1.807, 2.05) is 32.0 Å². The van der Waals surface area contributed by atoms with E-state index in [-0.39, 0.29) is 12.7 Å². The van der Waals surface area contributed by atoms with E-state index < -0.39 is 0 Å². The molecular formula is C16H18N4O3. The number of hydrogen-bond donors (Lipinski definition) is 1. The highest BCUT2D eigenvalue weighted by molar-refractivity contribution is 5.92. The fourth-order valence-electron chi connectivity index (χ4n) is 2.31. The van der Waals surface area contributed by atoms with Gasteiger partial charge in [0.25, 0.3) is 5.91 Å². The molecule has 0 atom stereocenters. The van der Waals surface area contributed by atoms with Crippen LogP contribution >= 0.6 is 0 Å². The van der Waals surface area contributed by atoms with Crippen molar-refractivity contribution in [1.29, 1.82) is 0 Å². The Labute approximate surface area is 134 Å².